The molecule has 2 aliphatic heterocycles. The summed E-state index contributed by atoms with van der Waals surface area (Å²) in [6, 6.07) is -0.0519. The predicted octanol–water partition coefficient (Wildman–Crippen LogP) is -1.11. The average Bonchev–Trinajstić information content (AvgIpc) is 2.86. The standard InChI is InChI=1S/C15H28N4O3/c1-12(10-16-2)15(21)17-13-9-14(20)19(11-13)4-3-18-5-7-22-8-6-18/h12-13,16H,3-11H2,1-2H3,(H,17,21). The van der Waals surface area contributed by atoms with Crippen LogP contribution in [0.15, 0.2) is 0 Å². The third-order valence-electron chi connectivity index (χ3n) is 4.31. The van der Waals surface area contributed by atoms with Gasteiger partial charge in [-0.3, -0.25) is 14.5 Å². The van der Waals surface area contributed by atoms with Gasteiger partial charge >= 0.3 is 0 Å². The number of hydrogen-bond acceptors (Lipinski definition) is 5. The van der Waals surface area contributed by atoms with E-state index in [1.54, 1.807) is 0 Å². The highest BCUT2D eigenvalue weighted by Gasteiger charge is 2.31. The molecule has 0 bridgehead atoms. The van der Waals surface area contributed by atoms with Gasteiger partial charge in [0.2, 0.25) is 11.8 Å². The molecular weight excluding hydrogens is 284 g/mol. The summed E-state index contributed by atoms with van der Waals surface area (Å²) in [4.78, 5) is 28.2. The number of morpholine rings is 1. The van der Waals surface area contributed by atoms with Crippen molar-refractivity contribution in [2.75, 3.05) is 59.5 Å². The van der Waals surface area contributed by atoms with Gasteiger partial charge in [-0.2, -0.15) is 0 Å². The third kappa shape index (κ3) is 4.93. The summed E-state index contributed by atoms with van der Waals surface area (Å²) in [5.41, 5.74) is 0. The number of rotatable bonds is 7. The molecule has 0 spiro atoms. The summed E-state index contributed by atoms with van der Waals surface area (Å²) < 4.78 is 5.32. The molecule has 2 aliphatic rings. The monoisotopic (exact) mass is 312 g/mol. The summed E-state index contributed by atoms with van der Waals surface area (Å²) in [6.45, 7) is 8.19. The van der Waals surface area contributed by atoms with Gasteiger partial charge < -0.3 is 20.3 Å². The number of nitrogens with one attached hydrogen (secondary N) is 2. The van der Waals surface area contributed by atoms with E-state index in [4.69, 9.17) is 4.74 Å². The van der Waals surface area contributed by atoms with Crippen LogP contribution < -0.4 is 10.6 Å². The van der Waals surface area contributed by atoms with Gasteiger partial charge in [0, 0.05) is 51.6 Å². The molecule has 2 amide bonds. The smallest absolute Gasteiger partial charge is 0.224 e. The highest BCUT2D eigenvalue weighted by atomic mass is 16.5. The summed E-state index contributed by atoms with van der Waals surface area (Å²) in [5.74, 6) is 0.0736. The van der Waals surface area contributed by atoms with Crippen LogP contribution >= 0.6 is 0 Å². The zero-order valence-corrected chi connectivity index (χ0v) is 13.6. The van der Waals surface area contributed by atoms with Gasteiger partial charge in [0.05, 0.1) is 19.3 Å². The first-order valence-corrected chi connectivity index (χ1v) is 8.13. The van der Waals surface area contributed by atoms with Gasteiger partial charge in [-0.1, -0.05) is 6.92 Å². The second-order valence-electron chi connectivity index (χ2n) is 6.16. The second kappa shape index (κ2) is 8.45. The van der Waals surface area contributed by atoms with Crippen LogP contribution in [0, 0.1) is 5.92 Å². The molecule has 0 aliphatic carbocycles. The summed E-state index contributed by atoms with van der Waals surface area (Å²) in [6.07, 6.45) is 0.418. The largest absolute Gasteiger partial charge is 0.379 e. The van der Waals surface area contributed by atoms with Crippen molar-refractivity contribution in [1.82, 2.24) is 20.4 Å². The lowest BCUT2D eigenvalue weighted by molar-refractivity contribution is -0.128. The number of hydrogen-bond donors (Lipinski definition) is 2. The first kappa shape index (κ1) is 17.2. The lowest BCUT2D eigenvalue weighted by Gasteiger charge is -2.28. The van der Waals surface area contributed by atoms with Crippen molar-refractivity contribution < 1.29 is 14.3 Å². The van der Waals surface area contributed by atoms with Crippen LogP contribution in [0.25, 0.3) is 0 Å². The molecule has 2 N–H and O–H groups in total. The van der Waals surface area contributed by atoms with Crippen LogP contribution in [-0.4, -0.2) is 87.2 Å². The maximum Gasteiger partial charge on any atom is 0.224 e. The maximum atomic E-state index is 12.1. The van der Waals surface area contributed by atoms with E-state index >= 15 is 0 Å². The van der Waals surface area contributed by atoms with Crippen LogP contribution in [0.1, 0.15) is 13.3 Å². The van der Waals surface area contributed by atoms with E-state index < -0.39 is 0 Å². The first-order valence-electron chi connectivity index (χ1n) is 8.13. The predicted molar refractivity (Wildman–Crippen MR) is 83.5 cm³/mol. The molecule has 2 saturated heterocycles. The molecule has 126 valence electrons. The van der Waals surface area contributed by atoms with Gasteiger partial charge in [-0.25, -0.2) is 0 Å². The molecule has 2 fully saturated rings. The fourth-order valence-corrected chi connectivity index (χ4v) is 2.91. The quantitative estimate of drug-likeness (QED) is 0.624. The van der Waals surface area contributed by atoms with Gasteiger partial charge in [-0.05, 0) is 7.05 Å². The zero-order chi connectivity index (χ0) is 15.9. The molecule has 2 atom stereocenters. The third-order valence-corrected chi connectivity index (χ3v) is 4.31. The van der Waals surface area contributed by atoms with Crippen LogP contribution in [0.2, 0.25) is 0 Å². The fraction of sp³-hybridized carbons (Fsp3) is 0.867. The highest BCUT2D eigenvalue weighted by Crippen LogP contribution is 2.12. The van der Waals surface area contributed by atoms with E-state index in [1.165, 1.54) is 0 Å². The van der Waals surface area contributed by atoms with E-state index in [-0.39, 0.29) is 23.8 Å². The number of nitrogens with zero attached hydrogens (tertiary/aromatic N) is 2. The Balaban J connectivity index is 1.72. The number of likely N-dealkylation sites (tertiary alicyclic amines) is 1. The molecule has 0 aromatic heterocycles. The molecule has 22 heavy (non-hydrogen) atoms. The molecule has 0 aromatic rings. The Bertz CT molecular complexity index is 385. The Kier molecular flexibility index (Phi) is 6.60. The first-order chi connectivity index (χ1) is 10.6. The van der Waals surface area contributed by atoms with E-state index in [2.05, 4.69) is 15.5 Å². The summed E-state index contributed by atoms with van der Waals surface area (Å²) >= 11 is 0. The normalized spacial score (nSPS) is 24.5. The molecule has 7 nitrogen and oxygen atoms in total. The van der Waals surface area contributed by atoms with Crippen LogP contribution in [0.5, 0.6) is 0 Å². The Morgan fingerprint density at radius 3 is 2.77 bits per heavy atom. The van der Waals surface area contributed by atoms with Gasteiger partial charge in [-0.15, -0.1) is 0 Å². The Morgan fingerprint density at radius 1 is 1.36 bits per heavy atom. The van der Waals surface area contributed by atoms with E-state index in [0.29, 0.717) is 19.5 Å². The van der Waals surface area contributed by atoms with Gasteiger partial charge in [0.1, 0.15) is 0 Å². The molecule has 7 heteroatoms. The second-order valence-corrected chi connectivity index (χ2v) is 6.16. The molecule has 0 saturated carbocycles. The highest BCUT2D eigenvalue weighted by molar-refractivity contribution is 5.83. The zero-order valence-electron chi connectivity index (χ0n) is 13.6. The molecular formula is C15H28N4O3. The molecule has 0 aromatic carbocycles. The van der Waals surface area contributed by atoms with Crippen molar-refractivity contribution in [3.8, 4) is 0 Å². The van der Waals surface area contributed by atoms with Crippen molar-refractivity contribution in [2.24, 2.45) is 5.92 Å². The lowest BCUT2D eigenvalue weighted by Crippen LogP contribution is -2.44. The van der Waals surface area contributed by atoms with Crippen molar-refractivity contribution >= 4 is 11.8 Å². The average molecular weight is 312 g/mol. The Labute approximate surface area is 132 Å². The minimum Gasteiger partial charge on any atom is -0.379 e. The fourth-order valence-electron chi connectivity index (χ4n) is 2.91. The summed E-state index contributed by atoms with van der Waals surface area (Å²) in [7, 11) is 1.83. The van der Waals surface area contributed by atoms with Crippen LogP contribution in [0.4, 0.5) is 0 Å². The number of carbonyl (C=O) groups excluding carboxylic acids is 2. The number of ether oxygens (including phenoxy) is 1. The molecule has 2 rings (SSSR count). The van der Waals surface area contributed by atoms with Crippen molar-refractivity contribution in [1.29, 1.82) is 0 Å². The van der Waals surface area contributed by atoms with Gasteiger partial charge in [0.25, 0.3) is 0 Å². The Hall–Kier alpha value is -1.18. The van der Waals surface area contributed by atoms with Crippen molar-refractivity contribution in [2.45, 2.75) is 19.4 Å². The lowest BCUT2D eigenvalue weighted by atomic mass is 10.1. The molecule has 0 radical (unpaired) electrons. The van der Waals surface area contributed by atoms with Crippen molar-refractivity contribution in [3.63, 3.8) is 0 Å². The maximum absolute atomic E-state index is 12.1. The van der Waals surface area contributed by atoms with Gasteiger partial charge in [0.15, 0.2) is 0 Å². The Morgan fingerprint density at radius 2 is 2.09 bits per heavy atom. The number of amides is 2. The minimum atomic E-state index is -0.0810. The SMILES string of the molecule is CNCC(C)C(=O)NC1CC(=O)N(CCN2CCOCC2)C1. The van der Waals surface area contributed by atoms with E-state index in [9.17, 15) is 9.59 Å². The van der Waals surface area contributed by atoms with Crippen LogP contribution in [-0.2, 0) is 14.3 Å². The molecule has 2 heterocycles. The van der Waals surface area contributed by atoms with Crippen molar-refractivity contribution in [3.05, 3.63) is 0 Å². The topological polar surface area (TPSA) is 73.9 Å². The summed E-state index contributed by atoms with van der Waals surface area (Å²) in [5, 5.41) is 5.98. The van der Waals surface area contributed by atoms with E-state index in [0.717, 1.165) is 39.4 Å². The van der Waals surface area contributed by atoms with E-state index in [1.807, 2.05) is 18.9 Å². The van der Waals surface area contributed by atoms with Crippen LogP contribution in [0.3, 0.4) is 0 Å². The minimum absolute atomic E-state index is 0.0159. The molecule has 2 unspecified atom stereocenters. The number of carbonyl (C=O) groups is 2.